The summed E-state index contributed by atoms with van der Waals surface area (Å²) in [6, 6.07) is 12.4. The quantitative estimate of drug-likeness (QED) is 0.742. The molecule has 102 valence electrons. The number of hydrogen-bond donors (Lipinski definition) is 1. The molecule has 6 heteroatoms. The molecule has 0 spiro atoms. The third-order valence-corrected chi connectivity index (χ3v) is 3.30. The molecule has 1 N–H and O–H groups in total. The highest BCUT2D eigenvalue weighted by molar-refractivity contribution is 14.1. The van der Waals surface area contributed by atoms with Gasteiger partial charge in [-0.05, 0) is 65.1 Å². The van der Waals surface area contributed by atoms with Gasteiger partial charge in [0.05, 0.1) is 17.2 Å². The van der Waals surface area contributed by atoms with E-state index in [0.717, 1.165) is 15.3 Å². The Hall–Kier alpha value is -1.75. The van der Waals surface area contributed by atoms with E-state index in [-0.39, 0.29) is 0 Å². The van der Waals surface area contributed by atoms with E-state index in [9.17, 15) is 13.2 Å². The first-order chi connectivity index (χ1) is 9.40. The van der Waals surface area contributed by atoms with Crippen LogP contribution in [0.15, 0.2) is 42.5 Å². The first kappa shape index (κ1) is 14.7. The third-order valence-electron chi connectivity index (χ3n) is 2.58. The monoisotopic (exact) mass is 388 g/mol. The highest BCUT2D eigenvalue weighted by Crippen LogP contribution is 2.33. The van der Waals surface area contributed by atoms with Crippen molar-refractivity contribution in [2.45, 2.75) is 6.18 Å². The summed E-state index contributed by atoms with van der Waals surface area (Å²) in [6.07, 6.45) is -4.52. The van der Waals surface area contributed by atoms with Gasteiger partial charge in [0.1, 0.15) is 0 Å². The maximum Gasteiger partial charge on any atom is 0.417 e. The smallest absolute Gasteiger partial charge is 0.355 e. The van der Waals surface area contributed by atoms with E-state index in [2.05, 4.69) is 27.9 Å². The molecule has 0 saturated carbocycles. The first-order valence-electron chi connectivity index (χ1n) is 5.54. The molecular formula is C14H8F3IN2. The van der Waals surface area contributed by atoms with E-state index in [0.29, 0.717) is 5.69 Å². The second-order valence-electron chi connectivity index (χ2n) is 4.00. The normalized spacial score (nSPS) is 10.9. The maximum absolute atomic E-state index is 12.7. The van der Waals surface area contributed by atoms with Crippen molar-refractivity contribution in [1.82, 2.24) is 0 Å². The van der Waals surface area contributed by atoms with Gasteiger partial charge in [-0.3, -0.25) is 0 Å². The Bertz CT molecular complexity index is 658. The van der Waals surface area contributed by atoms with Crippen molar-refractivity contribution in [3.63, 3.8) is 0 Å². The zero-order valence-electron chi connectivity index (χ0n) is 10.0. The largest absolute Gasteiger partial charge is 0.417 e. The Balaban J connectivity index is 2.31. The molecule has 2 aromatic carbocycles. The maximum atomic E-state index is 12.7. The van der Waals surface area contributed by atoms with E-state index in [4.69, 9.17) is 5.26 Å². The fraction of sp³-hybridized carbons (Fsp3) is 0.0714. The molecule has 0 heterocycles. The average Bonchev–Trinajstić information content (AvgIpc) is 2.40. The summed E-state index contributed by atoms with van der Waals surface area (Å²) in [7, 11) is 0. The van der Waals surface area contributed by atoms with Gasteiger partial charge in [0, 0.05) is 14.9 Å². The van der Waals surface area contributed by atoms with Crippen LogP contribution >= 0.6 is 22.6 Å². The summed E-state index contributed by atoms with van der Waals surface area (Å²) in [6.45, 7) is 0. The van der Waals surface area contributed by atoms with Gasteiger partial charge >= 0.3 is 6.18 Å². The van der Waals surface area contributed by atoms with Crippen molar-refractivity contribution in [3.05, 3.63) is 57.2 Å². The number of nitriles is 1. The van der Waals surface area contributed by atoms with Crippen LogP contribution < -0.4 is 5.32 Å². The van der Waals surface area contributed by atoms with Crippen molar-refractivity contribution >= 4 is 34.0 Å². The molecule has 0 aliphatic rings. The van der Waals surface area contributed by atoms with Gasteiger partial charge < -0.3 is 5.32 Å². The van der Waals surface area contributed by atoms with Gasteiger partial charge in [0.2, 0.25) is 0 Å². The summed E-state index contributed by atoms with van der Waals surface area (Å²) in [4.78, 5) is 0. The van der Waals surface area contributed by atoms with Crippen molar-refractivity contribution < 1.29 is 13.2 Å². The van der Waals surface area contributed by atoms with Gasteiger partial charge in [0.15, 0.2) is 0 Å². The van der Waals surface area contributed by atoms with Gasteiger partial charge in [-0.1, -0.05) is 0 Å². The summed E-state index contributed by atoms with van der Waals surface area (Å²) in [5.74, 6) is 0. The molecular weight excluding hydrogens is 380 g/mol. The number of alkyl halides is 3. The van der Waals surface area contributed by atoms with Crippen molar-refractivity contribution in [2.24, 2.45) is 0 Å². The second kappa shape index (κ2) is 5.71. The molecule has 0 aromatic heterocycles. The molecule has 2 rings (SSSR count). The summed E-state index contributed by atoms with van der Waals surface area (Å²) in [5.41, 5.74) is -0.133. The van der Waals surface area contributed by atoms with E-state index >= 15 is 0 Å². The minimum atomic E-state index is -4.52. The molecule has 0 radical (unpaired) electrons. The molecule has 0 saturated heterocycles. The number of halogens is 4. The highest BCUT2D eigenvalue weighted by atomic mass is 127. The molecule has 0 unspecified atom stereocenters. The lowest BCUT2D eigenvalue weighted by Crippen LogP contribution is -2.08. The molecule has 20 heavy (non-hydrogen) atoms. The van der Waals surface area contributed by atoms with E-state index in [1.165, 1.54) is 12.1 Å². The number of rotatable bonds is 2. The summed E-state index contributed by atoms with van der Waals surface area (Å²) >= 11 is 2.16. The van der Waals surface area contributed by atoms with E-state index in [1.807, 2.05) is 24.3 Å². The number of nitrogens with zero attached hydrogens (tertiary/aromatic N) is 1. The van der Waals surface area contributed by atoms with Crippen LogP contribution in [-0.4, -0.2) is 0 Å². The van der Waals surface area contributed by atoms with E-state index < -0.39 is 17.3 Å². The molecule has 0 bridgehead atoms. The van der Waals surface area contributed by atoms with Gasteiger partial charge in [-0.15, -0.1) is 0 Å². The third kappa shape index (κ3) is 3.42. The van der Waals surface area contributed by atoms with Gasteiger partial charge in [0.25, 0.3) is 0 Å². The Kier molecular flexibility index (Phi) is 4.18. The van der Waals surface area contributed by atoms with Crippen LogP contribution in [0.2, 0.25) is 0 Å². The standard InChI is InChI=1S/C14H8F3IN2/c15-14(16,17)13-6-5-12(7-9(13)8-19)20-11-3-1-10(18)2-4-11/h1-7,20H. The van der Waals surface area contributed by atoms with Crippen LogP contribution in [0.4, 0.5) is 24.5 Å². The Morgan fingerprint density at radius 2 is 1.60 bits per heavy atom. The summed E-state index contributed by atoms with van der Waals surface area (Å²) in [5, 5.41) is 11.8. The van der Waals surface area contributed by atoms with Crippen LogP contribution in [-0.2, 0) is 6.18 Å². The highest BCUT2D eigenvalue weighted by Gasteiger charge is 2.33. The van der Waals surface area contributed by atoms with Gasteiger partial charge in [-0.2, -0.15) is 18.4 Å². The Labute approximate surface area is 127 Å². The van der Waals surface area contributed by atoms with Crippen molar-refractivity contribution in [3.8, 4) is 6.07 Å². The lowest BCUT2D eigenvalue weighted by Gasteiger charge is -2.11. The zero-order valence-corrected chi connectivity index (χ0v) is 12.2. The fourth-order valence-corrected chi connectivity index (χ4v) is 2.02. The van der Waals surface area contributed by atoms with Crippen LogP contribution in [0.5, 0.6) is 0 Å². The van der Waals surface area contributed by atoms with Crippen LogP contribution in [0.1, 0.15) is 11.1 Å². The minimum absolute atomic E-state index is 0.395. The first-order valence-corrected chi connectivity index (χ1v) is 6.62. The number of nitrogens with one attached hydrogen (secondary N) is 1. The number of anilines is 2. The lowest BCUT2D eigenvalue weighted by molar-refractivity contribution is -0.137. The van der Waals surface area contributed by atoms with Crippen molar-refractivity contribution in [1.29, 1.82) is 5.26 Å². The molecule has 0 atom stereocenters. The minimum Gasteiger partial charge on any atom is -0.355 e. The van der Waals surface area contributed by atoms with Crippen LogP contribution in [0, 0.1) is 14.9 Å². The fourth-order valence-electron chi connectivity index (χ4n) is 1.66. The van der Waals surface area contributed by atoms with Crippen molar-refractivity contribution in [2.75, 3.05) is 5.32 Å². The predicted molar refractivity (Wildman–Crippen MR) is 78.6 cm³/mol. The Morgan fingerprint density at radius 3 is 2.15 bits per heavy atom. The molecule has 0 amide bonds. The SMILES string of the molecule is N#Cc1cc(Nc2ccc(I)cc2)ccc1C(F)(F)F. The number of benzene rings is 2. The topological polar surface area (TPSA) is 35.8 Å². The molecule has 0 aliphatic carbocycles. The average molecular weight is 388 g/mol. The summed E-state index contributed by atoms with van der Waals surface area (Å²) < 4.78 is 39.1. The molecule has 0 aliphatic heterocycles. The predicted octanol–water partition coefficient (Wildman–Crippen LogP) is 4.93. The molecule has 0 fully saturated rings. The Morgan fingerprint density at radius 1 is 1.00 bits per heavy atom. The van der Waals surface area contributed by atoms with Gasteiger partial charge in [-0.25, -0.2) is 0 Å². The lowest BCUT2D eigenvalue weighted by atomic mass is 10.1. The molecule has 2 nitrogen and oxygen atoms in total. The zero-order chi connectivity index (χ0) is 14.8. The van der Waals surface area contributed by atoms with Crippen LogP contribution in [0.3, 0.4) is 0 Å². The van der Waals surface area contributed by atoms with E-state index in [1.54, 1.807) is 6.07 Å². The van der Waals surface area contributed by atoms with Crippen LogP contribution in [0.25, 0.3) is 0 Å². The molecule has 2 aromatic rings. The number of hydrogen-bond acceptors (Lipinski definition) is 2. The second-order valence-corrected chi connectivity index (χ2v) is 5.25.